The van der Waals surface area contributed by atoms with Crippen LogP contribution in [-0.4, -0.2) is 13.4 Å². The maximum atomic E-state index is 12.5. The van der Waals surface area contributed by atoms with Gasteiger partial charge in [-0.3, -0.25) is 9.71 Å². The fourth-order valence-corrected chi connectivity index (χ4v) is 3.68. The lowest BCUT2D eigenvalue weighted by molar-refractivity contribution is 0.601. The SMILES string of the molecule is CCCc1ccc(S(=O)(=O)Nc2ccc3nc(C)ccc3c2)cc1. The van der Waals surface area contributed by atoms with Crippen LogP contribution in [0.1, 0.15) is 24.6 Å². The molecule has 0 aliphatic rings. The van der Waals surface area contributed by atoms with Gasteiger partial charge in [-0.15, -0.1) is 0 Å². The quantitative estimate of drug-likeness (QED) is 0.753. The van der Waals surface area contributed by atoms with Crippen molar-refractivity contribution in [1.82, 2.24) is 4.98 Å². The summed E-state index contributed by atoms with van der Waals surface area (Å²) in [6.07, 6.45) is 1.99. The van der Waals surface area contributed by atoms with E-state index in [1.807, 2.05) is 37.3 Å². The van der Waals surface area contributed by atoms with Gasteiger partial charge in [0.2, 0.25) is 0 Å². The average molecular weight is 340 g/mol. The van der Waals surface area contributed by atoms with Gasteiger partial charge in [0, 0.05) is 16.8 Å². The molecular formula is C19H20N2O2S. The smallest absolute Gasteiger partial charge is 0.261 e. The Labute approximate surface area is 142 Å². The molecule has 2 aromatic carbocycles. The van der Waals surface area contributed by atoms with Gasteiger partial charge in [-0.1, -0.05) is 31.5 Å². The van der Waals surface area contributed by atoms with Crippen molar-refractivity contribution < 1.29 is 8.42 Å². The number of nitrogens with one attached hydrogen (secondary N) is 1. The van der Waals surface area contributed by atoms with Crippen LogP contribution in [0.2, 0.25) is 0 Å². The van der Waals surface area contributed by atoms with Gasteiger partial charge in [-0.05, 0) is 55.3 Å². The molecule has 5 heteroatoms. The molecule has 0 unspecified atom stereocenters. The number of rotatable bonds is 5. The van der Waals surface area contributed by atoms with Gasteiger partial charge in [-0.2, -0.15) is 0 Å². The predicted molar refractivity (Wildman–Crippen MR) is 97.7 cm³/mol. The Kier molecular flexibility index (Phi) is 4.53. The molecule has 0 fully saturated rings. The second-order valence-electron chi connectivity index (χ2n) is 5.86. The molecule has 124 valence electrons. The summed E-state index contributed by atoms with van der Waals surface area (Å²) in [6.45, 7) is 4.03. The highest BCUT2D eigenvalue weighted by Crippen LogP contribution is 2.21. The third-order valence-corrected chi connectivity index (χ3v) is 5.25. The van der Waals surface area contributed by atoms with Crippen LogP contribution in [0.25, 0.3) is 10.9 Å². The number of fused-ring (bicyclic) bond motifs is 1. The standard InChI is InChI=1S/C19H20N2O2S/c1-3-4-15-6-10-18(11-7-15)24(22,23)21-17-9-12-19-16(13-17)8-5-14(2)20-19/h5-13,21H,3-4H2,1-2H3. The Balaban J connectivity index is 1.87. The van der Waals surface area contributed by atoms with Crippen LogP contribution in [-0.2, 0) is 16.4 Å². The molecule has 0 radical (unpaired) electrons. The van der Waals surface area contributed by atoms with E-state index in [4.69, 9.17) is 0 Å². The monoisotopic (exact) mass is 340 g/mol. The molecular weight excluding hydrogens is 320 g/mol. The lowest BCUT2D eigenvalue weighted by atomic mass is 10.1. The first kappa shape index (κ1) is 16.5. The molecule has 0 spiro atoms. The van der Waals surface area contributed by atoms with Crippen molar-refractivity contribution in [1.29, 1.82) is 0 Å². The first-order chi connectivity index (χ1) is 11.5. The highest BCUT2D eigenvalue weighted by molar-refractivity contribution is 7.92. The summed E-state index contributed by atoms with van der Waals surface area (Å²) in [5.74, 6) is 0. The Bertz CT molecular complexity index is 964. The average Bonchev–Trinajstić information content (AvgIpc) is 2.55. The van der Waals surface area contributed by atoms with Crippen molar-refractivity contribution in [3.8, 4) is 0 Å². The van der Waals surface area contributed by atoms with Gasteiger partial charge in [-0.25, -0.2) is 8.42 Å². The van der Waals surface area contributed by atoms with Crippen LogP contribution in [0.3, 0.4) is 0 Å². The summed E-state index contributed by atoms with van der Waals surface area (Å²) in [5.41, 5.74) is 3.46. The van der Waals surface area contributed by atoms with Crippen LogP contribution >= 0.6 is 0 Å². The Morgan fingerprint density at radius 3 is 2.46 bits per heavy atom. The van der Waals surface area contributed by atoms with E-state index < -0.39 is 10.0 Å². The molecule has 0 amide bonds. The number of hydrogen-bond acceptors (Lipinski definition) is 3. The van der Waals surface area contributed by atoms with Crippen LogP contribution < -0.4 is 4.72 Å². The van der Waals surface area contributed by atoms with E-state index in [0.29, 0.717) is 5.69 Å². The number of nitrogens with zero attached hydrogens (tertiary/aromatic N) is 1. The minimum absolute atomic E-state index is 0.268. The molecule has 0 bridgehead atoms. The van der Waals surface area contributed by atoms with Gasteiger partial charge >= 0.3 is 0 Å². The normalized spacial score (nSPS) is 11.6. The van der Waals surface area contributed by atoms with E-state index in [-0.39, 0.29) is 4.90 Å². The molecule has 0 saturated carbocycles. The molecule has 3 rings (SSSR count). The molecule has 4 nitrogen and oxygen atoms in total. The molecule has 3 aromatic rings. The maximum absolute atomic E-state index is 12.5. The number of pyridine rings is 1. The maximum Gasteiger partial charge on any atom is 0.261 e. The summed E-state index contributed by atoms with van der Waals surface area (Å²) >= 11 is 0. The topological polar surface area (TPSA) is 59.1 Å². The van der Waals surface area contributed by atoms with E-state index in [0.717, 1.165) is 35.0 Å². The summed E-state index contributed by atoms with van der Waals surface area (Å²) < 4.78 is 27.7. The van der Waals surface area contributed by atoms with E-state index in [2.05, 4.69) is 16.6 Å². The lowest BCUT2D eigenvalue weighted by Gasteiger charge is -2.10. The Hall–Kier alpha value is -2.40. The van der Waals surface area contributed by atoms with Crippen LogP contribution in [0, 0.1) is 6.92 Å². The molecule has 0 atom stereocenters. The fourth-order valence-electron chi connectivity index (χ4n) is 2.63. The van der Waals surface area contributed by atoms with Crippen LogP contribution in [0.15, 0.2) is 59.5 Å². The van der Waals surface area contributed by atoms with Crippen molar-refractivity contribution in [2.45, 2.75) is 31.6 Å². The first-order valence-electron chi connectivity index (χ1n) is 7.97. The summed E-state index contributed by atoms with van der Waals surface area (Å²) in [6, 6.07) is 16.2. The first-order valence-corrected chi connectivity index (χ1v) is 9.45. The molecule has 1 N–H and O–H groups in total. The van der Waals surface area contributed by atoms with Crippen molar-refractivity contribution >= 4 is 26.6 Å². The highest BCUT2D eigenvalue weighted by Gasteiger charge is 2.14. The molecule has 0 aliphatic heterocycles. The number of benzene rings is 2. The van der Waals surface area contributed by atoms with Gasteiger partial charge in [0.15, 0.2) is 0 Å². The second kappa shape index (κ2) is 6.61. The van der Waals surface area contributed by atoms with E-state index in [1.165, 1.54) is 0 Å². The molecule has 0 saturated heterocycles. The second-order valence-corrected chi connectivity index (χ2v) is 7.54. The fraction of sp³-hybridized carbons (Fsp3) is 0.211. The van der Waals surface area contributed by atoms with Crippen molar-refractivity contribution in [2.75, 3.05) is 4.72 Å². The van der Waals surface area contributed by atoms with Gasteiger partial charge in [0.25, 0.3) is 10.0 Å². The zero-order chi connectivity index (χ0) is 17.2. The Morgan fingerprint density at radius 1 is 1.00 bits per heavy atom. The van der Waals surface area contributed by atoms with Crippen LogP contribution in [0.5, 0.6) is 0 Å². The van der Waals surface area contributed by atoms with Crippen molar-refractivity contribution in [3.05, 3.63) is 65.9 Å². The number of sulfonamides is 1. The molecule has 0 aliphatic carbocycles. The minimum atomic E-state index is -3.59. The third-order valence-electron chi connectivity index (χ3n) is 3.85. The molecule has 1 aromatic heterocycles. The Morgan fingerprint density at radius 2 is 1.75 bits per heavy atom. The van der Waals surface area contributed by atoms with Gasteiger partial charge in [0.1, 0.15) is 0 Å². The van der Waals surface area contributed by atoms with Crippen LogP contribution in [0.4, 0.5) is 5.69 Å². The number of anilines is 1. The highest BCUT2D eigenvalue weighted by atomic mass is 32.2. The van der Waals surface area contributed by atoms with E-state index in [1.54, 1.807) is 24.3 Å². The number of aryl methyl sites for hydroxylation is 2. The van der Waals surface area contributed by atoms with E-state index >= 15 is 0 Å². The third kappa shape index (κ3) is 3.57. The summed E-state index contributed by atoms with van der Waals surface area (Å²) in [7, 11) is -3.59. The van der Waals surface area contributed by atoms with Crippen molar-refractivity contribution in [3.63, 3.8) is 0 Å². The zero-order valence-electron chi connectivity index (χ0n) is 13.8. The van der Waals surface area contributed by atoms with Crippen molar-refractivity contribution in [2.24, 2.45) is 0 Å². The van der Waals surface area contributed by atoms with Gasteiger partial charge in [0.05, 0.1) is 10.4 Å². The minimum Gasteiger partial charge on any atom is -0.280 e. The predicted octanol–water partition coefficient (Wildman–Crippen LogP) is 4.30. The summed E-state index contributed by atoms with van der Waals surface area (Å²) in [4.78, 5) is 4.69. The largest absolute Gasteiger partial charge is 0.280 e. The zero-order valence-corrected chi connectivity index (χ0v) is 14.6. The van der Waals surface area contributed by atoms with Gasteiger partial charge < -0.3 is 0 Å². The van der Waals surface area contributed by atoms with E-state index in [9.17, 15) is 8.42 Å². The molecule has 24 heavy (non-hydrogen) atoms. The molecule has 1 heterocycles. The summed E-state index contributed by atoms with van der Waals surface area (Å²) in [5, 5.41) is 0.902. The number of hydrogen-bond donors (Lipinski definition) is 1. The lowest BCUT2D eigenvalue weighted by Crippen LogP contribution is -2.12. The number of aromatic nitrogens is 1.